The smallest absolute Gasteiger partial charge is 0.234 e. The Labute approximate surface area is 183 Å². The Bertz CT molecular complexity index is 985. The number of piperidine rings is 1. The number of nitrogens with two attached hydrogens (primary N) is 1. The number of nitrogen functional groups attached to an aromatic ring is 1. The van der Waals surface area contributed by atoms with Gasteiger partial charge in [-0.2, -0.15) is 0 Å². The summed E-state index contributed by atoms with van der Waals surface area (Å²) in [5.74, 6) is -1.41. The molecule has 0 bridgehead atoms. The number of aromatic nitrogens is 2. The molecule has 1 atom stereocenters. The average Bonchev–Trinajstić information content (AvgIpc) is 2.67. The van der Waals surface area contributed by atoms with Crippen LogP contribution >= 0.6 is 23.2 Å². The van der Waals surface area contributed by atoms with E-state index in [9.17, 15) is 14.4 Å². The molecule has 10 heteroatoms. The van der Waals surface area contributed by atoms with Gasteiger partial charge in [0.15, 0.2) is 0 Å². The number of imide groups is 1. The van der Waals surface area contributed by atoms with Crippen LogP contribution in [0.4, 0.5) is 5.95 Å². The number of anilines is 1. The molecule has 0 saturated carbocycles. The molecule has 1 unspecified atom stereocenters. The maximum atomic E-state index is 12.7. The van der Waals surface area contributed by atoms with Crippen molar-refractivity contribution < 1.29 is 14.4 Å². The topological polar surface area (TPSA) is 127 Å². The fourth-order valence-electron chi connectivity index (χ4n) is 3.24. The Morgan fingerprint density at radius 3 is 2.40 bits per heavy atom. The van der Waals surface area contributed by atoms with Crippen molar-refractivity contribution in [3.05, 3.63) is 51.3 Å². The van der Waals surface area contributed by atoms with E-state index in [1.807, 2.05) is 0 Å². The third-order valence-corrected chi connectivity index (χ3v) is 5.77. The van der Waals surface area contributed by atoms with Gasteiger partial charge in [-0.3, -0.25) is 19.7 Å². The number of hydrogen-bond donors (Lipinski definition) is 3. The Morgan fingerprint density at radius 1 is 1.23 bits per heavy atom. The quantitative estimate of drug-likeness (QED) is 0.601. The third kappa shape index (κ3) is 4.55. The summed E-state index contributed by atoms with van der Waals surface area (Å²) < 4.78 is 0. The van der Waals surface area contributed by atoms with Crippen LogP contribution in [-0.2, 0) is 26.3 Å². The zero-order valence-corrected chi connectivity index (χ0v) is 18.0. The molecule has 3 rings (SSSR count). The number of benzene rings is 1. The Balaban J connectivity index is 1.73. The molecule has 1 fully saturated rings. The fourth-order valence-corrected chi connectivity index (χ4v) is 4.03. The molecule has 1 aromatic carbocycles. The van der Waals surface area contributed by atoms with Crippen LogP contribution in [0.2, 0.25) is 10.0 Å². The number of nitrogens with one attached hydrogen (secondary N) is 2. The van der Waals surface area contributed by atoms with Gasteiger partial charge in [0, 0.05) is 46.5 Å². The molecule has 2 aromatic rings. The molecule has 3 amide bonds. The van der Waals surface area contributed by atoms with E-state index >= 15 is 0 Å². The monoisotopic (exact) mass is 449 g/mol. The van der Waals surface area contributed by atoms with Crippen LogP contribution in [0.1, 0.15) is 49.3 Å². The van der Waals surface area contributed by atoms with Crippen molar-refractivity contribution in [2.45, 2.75) is 44.6 Å². The van der Waals surface area contributed by atoms with Gasteiger partial charge in [-0.1, -0.05) is 23.2 Å². The summed E-state index contributed by atoms with van der Waals surface area (Å²) in [6, 6.07) is 3.32. The number of carbonyl (C=O) groups is 3. The number of hydrogen-bond acceptors (Lipinski definition) is 6. The minimum atomic E-state index is -0.881. The molecular weight excluding hydrogens is 429 g/mol. The number of halogens is 2. The molecule has 158 valence electrons. The van der Waals surface area contributed by atoms with Gasteiger partial charge in [-0.25, -0.2) is 9.97 Å². The van der Waals surface area contributed by atoms with E-state index in [1.54, 1.807) is 26.0 Å². The van der Waals surface area contributed by atoms with E-state index in [1.165, 1.54) is 12.4 Å². The van der Waals surface area contributed by atoms with Gasteiger partial charge in [-0.15, -0.1) is 0 Å². The van der Waals surface area contributed by atoms with E-state index in [0.29, 0.717) is 33.2 Å². The summed E-state index contributed by atoms with van der Waals surface area (Å²) in [6.07, 6.45) is 3.61. The van der Waals surface area contributed by atoms with Crippen LogP contribution in [0.5, 0.6) is 0 Å². The second-order valence-electron chi connectivity index (χ2n) is 7.61. The first-order valence-corrected chi connectivity index (χ1v) is 10.0. The van der Waals surface area contributed by atoms with Gasteiger partial charge in [0.05, 0.1) is 11.3 Å². The van der Waals surface area contributed by atoms with Crippen LogP contribution in [-0.4, -0.2) is 27.7 Å². The first-order valence-electron chi connectivity index (χ1n) is 9.27. The maximum absolute atomic E-state index is 12.7. The molecule has 1 saturated heterocycles. The molecule has 4 N–H and O–H groups in total. The predicted octanol–water partition coefficient (Wildman–Crippen LogP) is 2.48. The van der Waals surface area contributed by atoms with Crippen LogP contribution < -0.4 is 16.4 Å². The van der Waals surface area contributed by atoms with E-state index in [2.05, 4.69) is 20.6 Å². The summed E-state index contributed by atoms with van der Waals surface area (Å²) in [5.41, 5.74) is 6.41. The van der Waals surface area contributed by atoms with E-state index in [0.717, 1.165) is 0 Å². The van der Waals surface area contributed by atoms with Crippen molar-refractivity contribution in [3.63, 3.8) is 0 Å². The number of amides is 3. The van der Waals surface area contributed by atoms with Crippen molar-refractivity contribution in [2.75, 3.05) is 5.73 Å². The molecule has 0 spiro atoms. The third-order valence-electron chi connectivity index (χ3n) is 5.14. The first-order chi connectivity index (χ1) is 14.1. The molecule has 2 heterocycles. The fraction of sp³-hybridized carbons (Fsp3) is 0.350. The van der Waals surface area contributed by atoms with Crippen molar-refractivity contribution in [2.24, 2.45) is 0 Å². The number of nitrogens with zero attached hydrogens (tertiary/aromatic N) is 2. The Morgan fingerprint density at radius 2 is 1.83 bits per heavy atom. The van der Waals surface area contributed by atoms with Crippen molar-refractivity contribution >= 4 is 46.9 Å². The minimum Gasteiger partial charge on any atom is -0.368 e. The van der Waals surface area contributed by atoms with Crippen molar-refractivity contribution in [1.29, 1.82) is 0 Å². The van der Waals surface area contributed by atoms with E-state index in [4.69, 9.17) is 28.9 Å². The highest BCUT2D eigenvalue weighted by Crippen LogP contribution is 2.37. The van der Waals surface area contributed by atoms with Gasteiger partial charge < -0.3 is 11.1 Å². The van der Waals surface area contributed by atoms with Gasteiger partial charge in [0.2, 0.25) is 23.7 Å². The van der Waals surface area contributed by atoms with Crippen molar-refractivity contribution in [3.8, 4) is 0 Å². The maximum Gasteiger partial charge on any atom is 0.234 e. The molecule has 1 aliphatic rings. The summed E-state index contributed by atoms with van der Waals surface area (Å²) in [7, 11) is 0. The highest BCUT2D eigenvalue weighted by molar-refractivity contribution is 6.36. The van der Waals surface area contributed by atoms with Crippen LogP contribution in [0.3, 0.4) is 0 Å². The van der Waals surface area contributed by atoms with Crippen LogP contribution in [0, 0.1) is 0 Å². The summed E-state index contributed by atoms with van der Waals surface area (Å²) in [4.78, 5) is 44.1. The number of carbonyl (C=O) groups excluding carboxylic acids is 3. The number of rotatable bonds is 5. The summed E-state index contributed by atoms with van der Waals surface area (Å²) in [5, 5.41) is 5.78. The second kappa shape index (κ2) is 8.57. The lowest BCUT2D eigenvalue weighted by molar-refractivity contribution is -0.134. The zero-order valence-electron chi connectivity index (χ0n) is 16.5. The predicted molar refractivity (Wildman–Crippen MR) is 113 cm³/mol. The molecule has 0 radical (unpaired) electrons. The molecule has 1 aromatic heterocycles. The molecule has 0 aliphatic carbocycles. The van der Waals surface area contributed by atoms with Gasteiger partial charge >= 0.3 is 0 Å². The van der Waals surface area contributed by atoms with E-state index < -0.39 is 17.2 Å². The zero-order chi connectivity index (χ0) is 22.1. The average molecular weight is 450 g/mol. The summed E-state index contributed by atoms with van der Waals surface area (Å²) >= 11 is 12.8. The summed E-state index contributed by atoms with van der Waals surface area (Å²) in [6.45, 7) is 3.69. The Kier molecular flexibility index (Phi) is 6.28. The second-order valence-corrected chi connectivity index (χ2v) is 8.43. The molecule has 30 heavy (non-hydrogen) atoms. The van der Waals surface area contributed by atoms with Crippen LogP contribution in [0.15, 0.2) is 24.5 Å². The van der Waals surface area contributed by atoms with E-state index in [-0.39, 0.29) is 30.7 Å². The lowest BCUT2D eigenvalue weighted by atomic mass is 9.85. The molecule has 1 aliphatic heterocycles. The lowest BCUT2D eigenvalue weighted by Crippen LogP contribution is -2.40. The van der Waals surface area contributed by atoms with Gasteiger partial charge in [-0.05, 0) is 38.0 Å². The Hall–Kier alpha value is -2.71. The first kappa shape index (κ1) is 22.0. The lowest BCUT2D eigenvalue weighted by Gasteiger charge is -2.24. The standard InChI is InChI=1S/C20H21Cl2N5O3/c1-20(2,11-8-25-19(23)26-9-11)18(30)24-7-10-5-13(21)16(14(22)6-10)12-3-4-15(28)27-17(12)29/h5-6,8-9,12H,3-4,7H2,1-2H3,(H,24,30)(H2,23,25,26)(H,27,28,29). The van der Waals surface area contributed by atoms with Crippen LogP contribution in [0.25, 0.3) is 0 Å². The largest absolute Gasteiger partial charge is 0.368 e. The molecular formula is C20H21Cl2N5O3. The minimum absolute atomic E-state index is 0.135. The van der Waals surface area contributed by atoms with Gasteiger partial charge in [0.25, 0.3) is 0 Å². The normalized spacial score (nSPS) is 16.9. The molecule has 8 nitrogen and oxygen atoms in total. The SMILES string of the molecule is CC(C)(C(=O)NCc1cc(Cl)c(C2CCC(=O)NC2=O)c(Cl)c1)c1cnc(N)nc1. The highest BCUT2D eigenvalue weighted by Gasteiger charge is 2.32. The van der Waals surface area contributed by atoms with Crippen molar-refractivity contribution in [1.82, 2.24) is 20.6 Å². The highest BCUT2D eigenvalue weighted by atomic mass is 35.5. The van der Waals surface area contributed by atoms with Gasteiger partial charge in [0.1, 0.15) is 0 Å².